The van der Waals surface area contributed by atoms with E-state index < -0.39 is 17.7 Å². The van der Waals surface area contributed by atoms with Crippen LogP contribution in [0.25, 0.3) is 0 Å². The van der Waals surface area contributed by atoms with Crippen LogP contribution in [0, 0.1) is 0 Å². The van der Waals surface area contributed by atoms with Crippen LogP contribution in [0.5, 0.6) is 0 Å². The number of carbonyl (C=O) groups is 2. The van der Waals surface area contributed by atoms with Crippen LogP contribution in [0.15, 0.2) is 24.3 Å². The molecule has 2 heterocycles. The van der Waals surface area contributed by atoms with Gasteiger partial charge in [-0.2, -0.15) is 0 Å². The molecular weight excluding hydrogens is 332 g/mol. The molecule has 0 unspecified atom stereocenters. The Kier molecular flexibility index (Phi) is 5.51. The van der Waals surface area contributed by atoms with E-state index in [0.717, 1.165) is 30.6 Å². The first-order valence-corrected chi connectivity index (χ1v) is 9.29. The van der Waals surface area contributed by atoms with Crippen LogP contribution in [-0.4, -0.2) is 47.8 Å². The third-order valence-electron chi connectivity index (χ3n) is 4.71. The first-order valence-electron chi connectivity index (χ1n) is 9.29. The summed E-state index contributed by atoms with van der Waals surface area (Å²) in [6.07, 6.45) is 2.10. The van der Waals surface area contributed by atoms with Gasteiger partial charge in [-0.05, 0) is 44.7 Å². The number of benzene rings is 1. The minimum atomic E-state index is -0.604. The Morgan fingerprint density at radius 1 is 1.27 bits per heavy atom. The molecule has 0 spiro atoms. The highest BCUT2D eigenvalue weighted by atomic mass is 16.6. The summed E-state index contributed by atoms with van der Waals surface area (Å²) in [4.78, 5) is 27.1. The van der Waals surface area contributed by atoms with Crippen molar-refractivity contribution in [3.05, 3.63) is 35.4 Å². The number of fused-ring (bicyclic) bond motifs is 1. The van der Waals surface area contributed by atoms with Crippen LogP contribution in [0.2, 0.25) is 0 Å². The molecule has 6 nitrogen and oxygen atoms in total. The van der Waals surface area contributed by atoms with Crippen LogP contribution >= 0.6 is 0 Å². The van der Waals surface area contributed by atoms with Gasteiger partial charge >= 0.3 is 6.09 Å². The summed E-state index contributed by atoms with van der Waals surface area (Å²) in [5, 5.41) is 2.96. The topological polar surface area (TPSA) is 67.9 Å². The number of nitrogens with one attached hydrogen (secondary N) is 1. The van der Waals surface area contributed by atoms with E-state index in [9.17, 15) is 9.59 Å². The van der Waals surface area contributed by atoms with Crippen LogP contribution in [0.3, 0.4) is 0 Å². The van der Waals surface area contributed by atoms with Gasteiger partial charge in [-0.25, -0.2) is 4.79 Å². The van der Waals surface area contributed by atoms with Gasteiger partial charge in [-0.1, -0.05) is 24.3 Å². The largest absolute Gasteiger partial charge is 0.444 e. The summed E-state index contributed by atoms with van der Waals surface area (Å²) < 4.78 is 11.1. The lowest BCUT2D eigenvalue weighted by molar-refractivity contribution is -0.127. The second-order valence-electron chi connectivity index (χ2n) is 7.98. The Labute approximate surface area is 154 Å². The lowest BCUT2D eigenvalue weighted by atomic mass is 9.93. The highest BCUT2D eigenvalue weighted by Gasteiger charge is 2.37. The average molecular weight is 360 g/mol. The quantitative estimate of drug-likeness (QED) is 0.900. The summed E-state index contributed by atoms with van der Waals surface area (Å²) in [6.45, 7) is 7.10. The van der Waals surface area contributed by atoms with Crippen molar-refractivity contribution < 1.29 is 19.1 Å². The van der Waals surface area contributed by atoms with E-state index in [2.05, 4.69) is 5.32 Å². The minimum absolute atomic E-state index is 0.0739. The van der Waals surface area contributed by atoms with Gasteiger partial charge in [0.05, 0.1) is 12.6 Å². The Morgan fingerprint density at radius 2 is 2.00 bits per heavy atom. The molecule has 2 atom stereocenters. The van der Waals surface area contributed by atoms with Gasteiger partial charge < -0.3 is 14.8 Å². The molecule has 0 radical (unpaired) electrons. The zero-order valence-electron chi connectivity index (χ0n) is 15.8. The van der Waals surface area contributed by atoms with Crippen molar-refractivity contribution in [2.75, 3.05) is 13.2 Å². The van der Waals surface area contributed by atoms with E-state index in [1.807, 2.05) is 45.0 Å². The molecule has 1 aromatic carbocycles. The van der Waals surface area contributed by atoms with Crippen molar-refractivity contribution in [2.24, 2.45) is 0 Å². The SMILES string of the molecule is CC(C)(C)OC(=O)N1Cc2ccccc2C[C@H]1C(=O)NC[C@@H]1CCCO1. The average Bonchev–Trinajstić information content (AvgIpc) is 3.10. The fourth-order valence-electron chi connectivity index (χ4n) is 3.41. The predicted octanol–water partition coefficient (Wildman–Crippen LogP) is 2.64. The van der Waals surface area contributed by atoms with Gasteiger partial charge in [0.2, 0.25) is 5.91 Å². The van der Waals surface area contributed by atoms with Crippen LogP contribution in [0.4, 0.5) is 4.79 Å². The van der Waals surface area contributed by atoms with Crippen LogP contribution in [-0.2, 0) is 27.2 Å². The number of amides is 2. The van der Waals surface area contributed by atoms with Crippen molar-refractivity contribution in [3.63, 3.8) is 0 Å². The number of carbonyl (C=O) groups excluding carboxylic acids is 2. The van der Waals surface area contributed by atoms with Crippen LogP contribution < -0.4 is 5.32 Å². The number of rotatable bonds is 3. The van der Waals surface area contributed by atoms with Gasteiger partial charge in [0.1, 0.15) is 11.6 Å². The molecule has 1 saturated heterocycles. The van der Waals surface area contributed by atoms with Crippen molar-refractivity contribution in [2.45, 2.75) is 64.3 Å². The van der Waals surface area contributed by atoms with E-state index in [4.69, 9.17) is 9.47 Å². The molecule has 1 aromatic rings. The standard InChI is InChI=1S/C20H28N2O4/c1-20(2,3)26-19(24)22-13-15-8-5-4-7-14(15)11-17(22)18(23)21-12-16-9-6-10-25-16/h4-5,7-8,16-17H,6,9-13H2,1-3H3,(H,21,23)/t16-,17-/m0/s1. The summed E-state index contributed by atoms with van der Waals surface area (Å²) in [5.74, 6) is -0.152. The molecule has 3 rings (SSSR count). The normalized spacial score (nSPS) is 22.7. The number of hydrogen-bond donors (Lipinski definition) is 1. The van der Waals surface area contributed by atoms with Crippen molar-refractivity contribution >= 4 is 12.0 Å². The molecule has 6 heteroatoms. The Bertz CT molecular complexity index is 662. The monoisotopic (exact) mass is 360 g/mol. The Balaban J connectivity index is 1.74. The molecule has 2 aliphatic rings. The van der Waals surface area contributed by atoms with E-state index in [1.54, 1.807) is 4.90 Å². The maximum absolute atomic E-state index is 12.8. The van der Waals surface area contributed by atoms with Crippen molar-refractivity contribution in [3.8, 4) is 0 Å². The van der Waals surface area contributed by atoms with Gasteiger partial charge in [-0.3, -0.25) is 9.69 Å². The number of nitrogens with zero attached hydrogens (tertiary/aromatic N) is 1. The summed E-state index contributed by atoms with van der Waals surface area (Å²) in [6, 6.07) is 7.35. The van der Waals surface area contributed by atoms with Gasteiger partial charge in [0, 0.05) is 19.6 Å². The molecule has 0 saturated carbocycles. The maximum atomic E-state index is 12.8. The molecule has 142 valence electrons. The molecular formula is C20H28N2O4. The van der Waals surface area contributed by atoms with E-state index in [-0.39, 0.29) is 12.0 Å². The molecule has 26 heavy (non-hydrogen) atoms. The predicted molar refractivity (Wildman–Crippen MR) is 97.7 cm³/mol. The van der Waals surface area contributed by atoms with Gasteiger partial charge in [-0.15, -0.1) is 0 Å². The third kappa shape index (κ3) is 4.55. The highest BCUT2D eigenvalue weighted by molar-refractivity contribution is 5.86. The molecule has 2 aliphatic heterocycles. The van der Waals surface area contributed by atoms with E-state index >= 15 is 0 Å². The zero-order chi connectivity index (χ0) is 18.7. The molecule has 0 aromatic heterocycles. The minimum Gasteiger partial charge on any atom is -0.444 e. The molecule has 1 N–H and O–H groups in total. The smallest absolute Gasteiger partial charge is 0.411 e. The van der Waals surface area contributed by atoms with Gasteiger partial charge in [0.15, 0.2) is 0 Å². The Morgan fingerprint density at radius 3 is 2.65 bits per heavy atom. The van der Waals surface area contributed by atoms with Crippen LogP contribution in [0.1, 0.15) is 44.7 Å². The van der Waals surface area contributed by atoms with Crippen molar-refractivity contribution in [1.82, 2.24) is 10.2 Å². The first kappa shape index (κ1) is 18.7. The fraction of sp³-hybridized carbons (Fsp3) is 0.600. The summed E-state index contributed by atoms with van der Waals surface area (Å²) in [7, 11) is 0. The summed E-state index contributed by atoms with van der Waals surface area (Å²) >= 11 is 0. The molecule has 0 bridgehead atoms. The molecule has 2 amide bonds. The zero-order valence-corrected chi connectivity index (χ0v) is 15.8. The summed E-state index contributed by atoms with van der Waals surface area (Å²) in [5.41, 5.74) is 1.55. The highest BCUT2D eigenvalue weighted by Crippen LogP contribution is 2.25. The van der Waals surface area contributed by atoms with Crippen molar-refractivity contribution in [1.29, 1.82) is 0 Å². The lowest BCUT2D eigenvalue weighted by Gasteiger charge is -2.37. The van der Waals surface area contributed by atoms with E-state index in [1.165, 1.54) is 0 Å². The molecule has 1 fully saturated rings. The first-order chi connectivity index (χ1) is 12.3. The number of ether oxygens (including phenoxy) is 2. The van der Waals surface area contributed by atoms with E-state index in [0.29, 0.717) is 19.5 Å². The van der Waals surface area contributed by atoms with Gasteiger partial charge in [0.25, 0.3) is 0 Å². The third-order valence-corrected chi connectivity index (χ3v) is 4.71. The molecule has 0 aliphatic carbocycles. The second-order valence-corrected chi connectivity index (χ2v) is 7.98. The number of hydrogen-bond acceptors (Lipinski definition) is 4. The Hall–Kier alpha value is -2.08. The fourth-order valence-corrected chi connectivity index (χ4v) is 3.41. The lowest BCUT2D eigenvalue weighted by Crippen LogP contribution is -2.54. The maximum Gasteiger partial charge on any atom is 0.411 e. The second kappa shape index (κ2) is 7.66.